The van der Waals surface area contributed by atoms with Crippen molar-refractivity contribution in [3.8, 4) is 5.75 Å². The van der Waals surface area contributed by atoms with Gasteiger partial charge in [0.05, 0.1) is 13.2 Å². The molecule has 1 aromatic carbocycles. The molecular weight excluding hydrogens is 284 g/mol. The van der Waals surface area contributed by atoms with Gasteiger partial charge in [0.2, 0.25) is 0 Å². The van der Waals surface area contributed by atoms with Crippen molar-refractivity contribution in [2.45, 2.75) is 39.1 Å². The summed E-state index contributed by atoms with van der Waals surface area (Å²) in [7, 11) is 0. The van der Waals surface area contributed by atoms with E-state index in [1.54, 1.807) is 0 Å². The van der Waals surface area contributed by atoms with E-state index in [1.807, 2.05) is 19.1 Å². The molecule has 0 spiro atoms. The van der Waals surface area contributed by atoms with E-state index in [-0.39, 0.29) is 12.9 Å². The predicted octanol–water partition coefficient (Wildman–Crippen LogP) is 3.16. The summed E-state index contributed by atoms with van der Waals surface area (Å²) < 4.78 is 12.3. The molecule has 2 rings (SSSR count). The highest BCUT2D eigenvalue weighted by molar-refractivity contribution is 9.10. The Morgan fingerprint density at radius 3 is 2.94 bits per heavy atom. The number of rotatable bonds is 3. The summed E-state index contributed by atoms with van der Waals surface area (Å²) in [6, 6.07) is 3.82. The van der Waals surface area contributed by atoms with Crippen molar-refractivity contribution in [3.63, 3.8) is 0 Å². The van der Waals surface area contributed by atoms with Crippen LogP contribution in [-0.2, 0) is 11.3 Å². The lowest BCUT2D eigenvalue weighted by Crippen LogP contribution is -2.25. The molecule has 1 aromatic rings. The molecule has 0 aromatic heterocycles. The van der Waals surface area contributed by atoms with Gasteiger partial charge in [0, 0.05) is 10.9 Å². The van der Waals surface area contributed by atoms with Crippen molar-refractivity contribution in [2.75, 3.05) is 6.61 Å². The molecule has 1 aliphatic heterocycles. The van der Waals surface area contributed by atoms with Crippen LogP contribution in [0.3, 0.4) is 0 Å². The van der Waals surface area contributed by atoms with Crippen molar-refractivity contribution in [3.05, 3.63) is 27.7 Å². The Morgan fingerprint density at radius 1 is 1.47 bits per heavy atom. The van der Waals surface area contributed by atoms with Gasteiger partial charge in [-0.2, -0.15) is 0 Å². The van der Waals surface area contributed by atoms with Gasteiger partial charge < -0.3 is 14.6 Å². The van der Waals surface area contributed by atoms with E-state index >= 15 is 0 Å². The first-order valence-electron chi connectivity index (χ1n) is 5.89. The normalized spacial score (nSPS) is 20.3. The maximum Gasteiger partial charge on any atom is 0.199 e. The number of ether oxygens (including phenoxy) is 2. The Bertz CT molecular complexity index is 386. The summed E-state index contributed by atoms with van der Waals surface area (Å²) in [6.07, 6.45) is 3.05. The van der Waals surface area contributed by atoms with E-state index in [4.69, 9.17) is 9.47 Å². The Labute approximate surface area is 110 Å². The molecule has 0 aliphatic carbocycles. The zero-order chi connectivity index (χ0) is 12.3. The van der Waals surface area contributed by atoms with Crippen LogP contribution >= 0.6 is 15.9 Å². The number of hydrogen-bond acceptors (Lipinski definition) is 3. The molecule has 1 atom stereocenters. The largest absolute Gasteiger partial charge is 0.465 e. The number of benzene rings is 1. The maximum atomic E-state index is 9.26. The van der Waals surface area contributed by atoms with Crippen LogP contribution in [0.5, 0.6) is 5.75 Å². The van der Waals surface area contributed by atoms with E-state index < -0.39 is 0 Å². The molecule has 0 radical (unpaired) electrons. The number of halogens is 1. The van der Waals surface area contributed by atoms with Gasteiger partial charge in [-0.25, -0.2) is 0 Å². The molecule has 4 heteroatoms. The summed E-state index contributed by atoms with van der Waals surface area (Å²) in [6.45, 7) is 2.76. The van der Waals surface area contributed by atoms with E-state index in [0.29, 0.717) is 0 Å². The van der Waals surface area contributed by atoms with Gasteiger partial charge in [0.1, 0.15) is 5.75 Å². The second-order valence-corrected chi connectivity index (χ2v) is 5.08. The van der Waals surface area contributed by atoms with Crippen LogP contribution < -0.4 is 4.74 Å². The highest BCUT2D eigenvalue weighted by Crippen LogP contribution is 2.28. The molecule has 1 aliphatic rings. The summed E-state index contributed by atoms with van der Waals surface area (Å²) in [4.78, 5) is 0. The zero-order valence-corrected chi connectivity index (χ0v) is 11.5. The molecule has 1 saturated heterocycles. The summed E-state index contributed by atoms with van der Waals surface area (Å²) in [5.74, 6) is 0.765. The summed E-state index contributed by atoms with van der Waals surface area (Å²) in [5.41, 5.74) is 1.90. The second kappa shape index (κ2) is 5.85. The van der Waals surface area contributed by atoms with Crippen LogP contribution in [0.25, 0.3) is 0 Å². The summed E-state index contributed by atoms with van der Waals surface area (Å²) in [5, 5.41) is 9.26. The van der Waals surface area contributed by atoms with Crippen LogP contribution in [0.2, 0.25) is 0 Å². The third kappa shape index (κ3) is 3.21. The topological polar surface area (TPSA) is 38.7 Å². The molecule has 1 unspecified atom stereocenters. The second-order valence-electron chi connectivity index (χ2n) is 4.29. The molecule has 17 heavy (non-hydrogen) atoms. The molecule has 3 nitrogen and oxygen atoms in total. The Morgan fingerprint density at radius 2 is 2.29 bits per heavy atom. The third-order valence-corrected chi connectivity index (χ3v) is 4.01. The standard InChI is InChI=1S/C13H17BrO3/c1-9-6-11(7-10(8-15)13(9)14)17-12-4-2-3-5-16-12/h6-7,12,15H,2-5,8H2,1H3. The minimum Gasteiger partial charge on any atom is -0.465 e. The molecule has 1 fully saturated rings. The fourth-order valence-corrected chi connectivity index (χ4v) is 2.30. The molecule has 0 bridgehead atoms. The fourth-order valence-electron chi connectivity index (χ4n) is 1.95. The van der Waals surface area contributed by atoms with E-state index in [2.05, 4.69) is 15.9 Å². The van der Waals surface area contributed by atoms with Crippen molar-refractivity contribution in [2.24, 2.45) is 0 Å². The van der Waals surface area contributed by atoms with Gasteiger partial charge in [0.15, 0.2) is 6.29 Å². The lowest BCUT2D eigenvalue weighted by molar-refractivity contribution is -0.105. The van der Waals surface area contributed by atoms with Crippen molar-refractivity contribution in [1.82, 2.24) is 0 Å². The van der Waals surface area contributed by atoms with Crippen LogP contribution in [0, 0.1) is 6.92 Å². The van der Waals surface area contributed by atoms with Crippen molar-refractivity contribution >= 4 is 15.9 Å². The van der Waals surface area contributed by atoms with Gasteiger partial charge in [-0.15, -0.1) is 0 Å². The molecular formula is C13H17BrO3. The third-order valence-electron chi connectivity index (χ3n) is 2.88. The smallest absolute Gasteiger partial charge is 0.199 e. The molecule has 94 valence electrons. The Kier molecular flexibility index (Phi) is 4.42. The lowest BCUT2D eigenvalue weighted by atomic mass is 10.1. The van der Waals surface area contributed by atoms with Crippen LogP contribution in [0.15, 0.2) is 16.6 Å². The zero-order valence-electron chi connectivity index (χ0n) is 9.91. The number of aliphatic hydroxyl groups excluding tert-OH is 1. The molecule has 0 amide bonds. The van der Waals surface area contributed by atoms with Crippen LogP contribution in [0.1, 0.15) is 30.4 Å². The molecule has 1 N–H and O–H groups in total. The first-order chi connectivity index (χ1) is 8.20. The highest BCUT2D eigenvalue weighted by Gasteiger charge is 2.16. The van der Waals surface area contributed by atoms with Crippen LogP contribution in [-0.4, -0.2) is 18.0 Å². The Balaban J connectivity index is 2.12. The molecule has 0 saturated carbocycles. The average molecular weight is 301 g/mol. The highest BCUT2D eigenvalue weighted by atomic mass is 79.9. The fraction of sp³-hybridized carbons (Fsp3) is 0.538. The van der Waals surface area contributed by atoms with Gasteiger partial charge >= 0.3 is 0 Å². The SMILES string of the molecule is Cc1cc(OC2CCCCO2)cc(CO)c1Br. The minimum absolute atomic E-state index is 0.00411. The number of aliphatic hydroxyl groups is 1. The molecule has 1 heterocycles. The number of hydrogen-bond donors (Lipinski definition) is 1. The van der Waals surface area contributed by atoms with Gasteiger partial charge in [-0.05, 0) is 43.0 Å². The quantitative estimate of drug-likeness (QED) is 0.932. The minimum atomic E-state index is -0.143. The van der Waals surface area contributed by atoms with E-state index in [9.17, 15) is 5.11 Å². The van der Waals surface area contributed by atoms with Gasteiger partial charge in [-0.3, -0.25) is 0 Å². The lowest BCUT2D eigenvalue weighted by Gasteiger charge is -2.24. The van der Waals surface area contributed by atoms with E-state index in [0.717, 1.165) is 47.2 Å². The van der Waals surface area contributed by atoms with Gasteiger partial charge in [-0.1, -0.05) is 15.9 Å². The van der Waals surface area contributed by atoms with Crippen LogP contribution in [0.4, 0.5) is 0 Å². The van der Waals surface area contributed by atoms with E-state index in [1.165, 1.54) is 0 Å². The monoisotopic (exact) mass is 300 g/mol. The Hall–Kier alpha value is -0.580. The summed E-state index contributed by atoms with van der Waals surface area (Å²) >= 11 is 3.45. The first kappa shape index (κ1) is 12.9. The first-order valence-corrected chi connectivity index (χ1v) is 6.68. The predicted molar refractivity (Wildman–Crippen MR) is 69.0 cm³/mol. The average Bonchev–Trinajstić information content (AvgIpc) is 2.35. The van der Waals surface area contributed by atoms with Crippen molar-refractivity contribution < 1.29 is 14.6 Å². The van der Waals surface area contributed by atoms with Gasteiger partial charge in [0.25, 0.3) is 0 Å². The van der Waals surface area contributed by atoms with Crippen molar-refractivity contribution in [1.29, 1.82) is 0 Å². The number of aryl methyl sites for hydroxylation is 1. The maximum absolute atomic E-state index is 9.26.